The second kappa shape index (κ2) is 12.7. The van der Waals surface area contributed by atoms with E-state index in [0.717, 1.165) is 40.0 Å². The van der Waals surface area contributed by atoms with Crippen LogP contribution in [0.25, 0.3) is 0 Å². The van der Waals surface area contributed by atoms with E-state index in [1.165, 1.54) is 18.2 Å². The Labute approximate surface area is 236 Å². The predicted molar refractivity (Wildman–Crippen MR) is 144 cm³/mol. The summed E-state index contributed by atoms with van der Waals surface area (Å²) in [7, 11) is -4.76. The lowest BCUT2D eigenvalue weighted by Crippen LogP contribution is -2.41. The van der Waals surface area contributed by atoms with Crippen LogP contribution in [0.1, 0.15) is 47.9 Å². The number of rotatable bonds is 10. The van der Waals surface area contributed by atoms with Crippen LogP contribution in [0.2, 0.25) is 0 Å². The number of amides is 1. The van der Waals surface area contributed by atoms with Crippen molar-refractivity contribution in [2.24, 2.45) is 5.92 Å². The molecule has 41 heavy (non-hydrogen) atoms. The van der Waals surface area contributed by atoms with Gasteiger partial charge in [-0.15, -0.1) is 0 Å². The van der Waals surface area contributed by atoms with Crippen LogP contribution in [-0.2, 0) is 34.1 Å². The molecule has 5 nitrogen and oxygen atoms in total. The summed E-state index contributed by atoms with van der Waals surface area (Å²) in [5.74, 6) is -2.69. The van der Waals surface area contributed by atoms with E-state index in [-0.39, 0.29) is 24.1 Å². The maximum absolute atomic E-state index is 14.6. The van der Waals surface area contributed by atoms with E-state index in [0.29, 0.717) is 38.3 Å². The molecule has 3 aromatic carbocycles. The van der Waals surface area contributed by atoms with Crippen LogP contribution >= 0.6 is 0 Å². The molecule has 0 spiro atoms. The lowest BCUT2D eigenvalue weighted by atomic mass is 9.85. The van der Waals surface area contributed by atoms with Crippen molar-refractivity contribution in [2.45, 2.75) is 62.8 Å². The van der Waals surface area contributed by atoms with Crippen molar-refractivity contribution in [3.05, 3.63) is 101 Å². The highest BCUT2D eigenvalue weighted by atomic mass is 32.2. The topological polar surface area (TPSA) is 57.7 Å². The Balaban J connectivity index is 1.55. The first-order valence-electron chi connectivity index (χ1n) is 13.3. The Morgan fingerprint density at radius 1 is 0.878 bits per heavy atom. The average molecular weight is 595 g/mol. The number of carbonyl (C=O) groups excluding carboxylic acids is 1. The molecule has 1 amide bonds. The second-order valence-electron chi connectivity index (χ2n) is 10.4. The highest BCUT2D eigenvalue weighted by molar-refractivity contribution is 7.89. The third-order valence-electron chi connectivity index (χ3n) is 7.56. The van der Waals surface area contributed by atoms with E-state index in [9.17, 15) is 35.2 Å². The van der Waals surface area contributed by atoms with E-state index in [2.05, 4.69) is 0 Å². The smallest absolute Gasteiger partial charge is 0.338 e. The number of nitrogens with zero attached hydrogens (tertiary/aromatic N) is 2. The van der Waals surface area contributed by atoms with Gasteiger partial charge in [0, 0.05) is 31.2 Å². The maximum Gasteiger partial charge on any atom is 0.417 e. The molecule has 0 aromatic heterocycles. The lowest BCUT2D eigenvalue weighted by Gasteiger charge is -2.36. The maximum atomic E-state index is 14.6. The normalized spacial score (nSPS) is 17.9. The zero-order valence-corrected chi connectivity index (χ0v) is 23.3. The molecule has 0 bridgehead atoms. The molecule has 4 rings (SSSR count). The molecule has 0 atom stereocenters. The molecule has 0 radical (unpaired) electrons. The molecular weight excluding hydrogens is 563 g/mol. The Bertz CT molecular complexity index is 1450. The summed E-state index contributed by atoms with van der Waals surface area (Å²) in [6.07, 6.45) is -2.01. The first-order valence-corrected chi connectivity index (χ1v) is 14.7. The van der Waals surface area contributed by atoms with Gasteiger partial charge in [0.2, 0.25) is 16.4 Å². The van der Waals surface area contributed by atoms with Gasteiger partial charge in [-0.2, -0.15) is 17.5 Å². The Morgan fingerprint density at radius 3 is 2.17 bits per heavy atom. The third kappa shape index (κ3) is 7.32. The van der Waals surface area contributed by atoms with Gasteiger partial charge in [-0.1, -0.05) is 54.1 Å². The van der Waals surface area contributed by atoms with Crippen molar-refractivity contribution in [1.82, 2.24) is 9.21 Å². The van der Waals surface area contributed by atoms with Crippen LogP contribution in [0.3, 0.4) is 0 Å². The molecular formula is C30H31F5N2O3S. The number of sulfonamides is 1. The van der Waals surface area contributed by atoms with Crippen LogP contribution in [0.4, 0.5) is 22.0 Å². The molecule has 11 heteroatoms. The number of halogens is 5. The number of carbonyl (C=O) groups is 1. The van der Waals surface area contributed by atoms with Gasteiger partial charge in [-0.25, -0.2) is 17.2 Å². The molecule has 1 aliphatic rings. The highest BCUT2D eigenvalue weighted by Gasteiger charge is 2.40. The Hall–Kier alpha value is -3.31. The molecule has 0 unspecified atom stereocenters. The minimum absolute atomic E-state index is 0.0817. The van der Waals surface area contributed by atoms with Crippen molar-refractivity contribution in [3.8, 4) is 0 Å². The summed E-state index contributed by atoms with van der Waals surface area (Å²) in [4.78, 5) is 12.6. The molecule has 1 fully saturated rings. The van der Waals surface area contributed by atoms with Gasteiger partial charge in [0.1, 0.15) is 0 Å². The Kier molecular flexibility index (Phi) is 9.48. The van der Waals surface area contributed by atoms with Crippen molar-refractivity contribution in [1.29, 1.82) is 0 Å². The SMILES string of the molecule is Cc1ccc(CN(C=O)C2CCC(CN(Cc3cccc(F)c3F)S(=O)(=O)c3ccccc3C(F)(F)F)CC2)cc1. The van der Waals surface area contributed by atoms with Gasteiger partial charge >= 0.3 is 6.18 Å². The molecule has 3 aromatic rings. The van der Waals surface area contributed by atoms with Gasteiger partial charge in [0.05, 0.1) is 10.5 Å². The summed E-state index contributed by atoms with van der Waals surface area (Å²) < 4.78 is 97.9. The number of hydrogen-bond donors (Lipinski definition) is 0. The molecule has 220 valence electrons. The first kappa shape index (κ1) is 30.6. The minimum Gasteiger partial charge on any atom is -0.338 e. The largest absolute Gasteiger partial charge is 0.417 e. The van der Waals surface area contributed by atoms with Crippen molar-refractivity contribution >= 4 is 16.4 Å². The lowest BCUT2D eigenvalue weighted by molar-refractivity contribution is -0.140. The van der Waals surface area contributed by atoms with Crippen molar-refractivity contribution in [3.63, 3.8) is 0 Å². The minimum atomic E-state index is -4.94. The fraction of sp³-hybridized carbons (Fsp3) is 0.367. The molecule has 0 aliphatic heterocycles. The number of benzene rings is 3. The molecule has 0 saturated heterocycles. The number of aryl methyl sites for hydroxylation is 1. The zero-order valence-electron chi connectivity index (χ0n) is 22.4. The van der Waals surface area contributed by atoms with Gasteiger partial charge in [0.15, 0.2) is 11.6 Å². The quantitative estimate of drug-likeness (QED) is 0.194. The Morgan fingerprint density at radius 2 is 1.54 bits per heavy atom. The first-order chi connectivity index (χ1) is 19.4. The highest BCUT2D eigenvalue weighted by Crippen LogP contribution is 2.37. The van der Waals surface area contributed by atoms with Gasteiger partial charge < -0.3 is 4.90 Å². The van der Waals surface area contributed by atoms with E-state index < -0.39 is 44.8 Å². The van der Waals surface area contributed by atoms with E-state index in [1.54, 1.807) is 4.90 Å². The summed E-state index contributed by atoms with van der Waals surface area (Å²) >= 11 is 0. The average Bonchev–Trinajstić information content (AvgIpc) is 2.94. The van der Waals surface area contributed by atoms with Gasteiger partial charge in [-0.3, -0.25) is 4.79 Å². The molecule has 1 saturated carbocycles. The van der Waals surface area contributed by atoms with Crippen LogP contribution < -0.4 is 0 Å². The third-order valence-corrected chi connectivity index (χ3v) is 9.43. The van der Waals surface area contributed by atoms with Crippen molar-refractivity contribution < 1.29 is 35.2 Å². The van der Waals surface area contributed by atoms with Gasteiger partial charge in [0.25, 0.3) is 0 Å². The second-order valence-corrected chi connectivity index (χ2v) is 12.3. The fourth-order valence-electron chi connectivity index (χ4n) is 5.28. The van der Waals surface area contributed by atoms with Crippen molar-refractivity contribution in [2.75, 3.05) is 6.54 Å². The zero-order chi connectivity index (χ0) is 29.8. The van der Waals surface area contributed by atoms with Crippen LogP contribution in [0.5, 0.6) is 0 Å². The van der Waals surface area contributed by atoms with Crippen LogP contribution in [0, 0.1) is 24.5 Å². The van der Waals surface area contributed by atoms with E-state index >= 15 is 0 Å². The van der Waals surface area contributed by atoms with Gasteiger partial charge in [-0.05, 0) is 62.3 Å². The number of alkyl halides is 3. The van der Waals surface area contributed by atoms with E-state index in [4.69, 9.17) is 0 Å². The van der Waals surface area contributed by atoms with Crippen LogP contribution in [0.15, 0.2) is 71.6 Å². The summed E-state index contributed by atoms with van der Waals surface area (Å²) in [6.45, 7) is 1.57. The molecule has 0 heterocycles. The monoisotopic (exact) mass is 594 g/mol. The van der Waals surface area contributed by atoms with Crippen LogP contribution in [-0.4, -0.2) is 36.6 Å². The summed E-state index contributed by atoms with van der Waals surface area (Å²) in [5.41, 5.74) is 0.466. The summed E-state index contributed by atoms with van der Waals surface area (Å²) in [6, 6.07) is 14.9. The van der Waals surface area contributed by atoms with E-state index in [1.807, 2.05) is 31.2 Å². The number of hydrogen-bond acceptors (Lipinski definition) is 3. The molecule has 0 N–H and O–H groups in total. The standard InChI is InChI=1S/C30H31F5N2O3S/c1-21-9-11-22(12-10-21)17-36(20-38)25-15-13-23(14-16-25)18-37(19-24-5-4-7-27(31)29(24)32)41(39,40)28-8-3-2-6-26(28)30(33,34)35/h2-12,20,23,25H,13-19H2,1H3. The summed E-state index contributed by atoms with van der Waals surface area (Å²) in [5, 5.41) is 0. The molecule has 1 aliphatic carbocycles. The predicted octanol–water partition coefficient (Wildman–Crippen LogP) is 6.70. The fourth-order valence-corrected chi connectivity index (χ4v) is 6.98.